The Morgan fingerprint density at radius 2 is 1.87 bits per heavy atom. The summed E-state index contributed by atoms with van der Waals surface area (Å²) in [4.78, 5) is 18.3. The van der Waals surface area contributed by atoms with E-state index in [1.54, 1.807) is 56.6 Å². The molecule has 0 spiro atoms. The summed E-state index contributed by atoms with van der Waals surface area (Å²) in [5.41, 5.74) is 1.13. The van der Waals surface area contributed by atoms with Crippen LogP contribution in [0.1, 0.15) is 5.89 Å². The van der Waals surface area contributed by atoms with Crippen molar-refractivity contribution in [2.75, 3.05) is 31.3 Å². The Balaban J connectivity index is 1.70. The number of anilines is 1. The van der Waals surface area contributed by atoms with Crippen LogP contribution in [0.5, 0.6) is 5.75 Å². The summed E-state index contributed by atoms with van der Waals surface area (Å²) >= 11 is 0. The molecular formula is C20H22N4O5S. The number of hydrogen-bond acceptors (Lipinski definition) is 7. The molecule has 9 nitrogen and oxygen atoms in total. The molecule has 0 aliphatic rings. The average molecular weight is 430 g/mol. The van der Waals surface area contributed by atoms with Gasteiger partial charge in [0.2, 0.25) is 27.6 Å². The zero-order valence-electron chi connectivity index (χ0n) is 16.8. The lowest BCUT2D eigenvalue weighted by molar-refractivity contribution is -0.129. The van der Waals surface area contributed by atoms with E-state index in [1.165, 1.54) is 4.90 Å². The lowest BCUT2D eigenvalue weighted by Gasteiger charge is -2.24. The van der Waals surface area contributed by atoms with Crippen LogP contribution in [0.15, 0.2) is 59.1 Å². The summed E-state index contributed by atoms with van der Waals surface area (Å²) in [5, 5.41) is 3.94. The predicted octanol–water partition coefficient (Wildman–Crippen LogP) is 2.17. The first-order chi connectivity index (χ1) is 14.3. The van der Waals surface area contributed by atoms with Gasteiger partial charge in [0.1, 0.15) is 12.3 Å². The lowest BCUT2D eigenvalue weighted by Crippen LogP contribution is -2.41. The number of para-hydroxylation sites is 1. The van der Waals surface area contributed by atoms with Crippen LogP contribution in [0.2, 0.25) is 0 Å². The van der Waals surface area contributed by atoms with E-state index < -0.39 is 15.9 Å². The van der Waals surface area contributed by atoms with Crippen molar-refractivity contribution < 1.29 is 22.5 Å². The number of aromatic nitrogens is 2. The molecule has 0 aliphatic carbocycles. The first-order valence-corrected chi connectivity index (χ1v) is 10.9. The van der Waals surface area contributed by atoms with Crippen molar-refractivity contribution >= 4 is 21.6 Å². The van der Waals surface area contributed by atoms with E-state index in [0.29, 0.717) is 22.8 Å². The van der Waals surface area contributed by atoms with E-state index in [2.05, 4.69) is 10.1 Å². The van der Waals surface area contributed by atoms with Crippen LogP contribution in [0, 0.1) is 0 Å². The largest absolute Gasteiger partial charge is 0.497 e. The standard InChI is InChI=1S/C20H22N4O5S/c1-23(19(25)14-24(30(3,26)27)16-9-5-4-6-10-16)13-18-21-20(22-29-18)15-8-7-11-17(12-15)28-2/h4-12H,13-14H2,1-3H3. The minimum atomic E-state index is -3.64. The van der Waals surface area contributed by atoms with Crippen molar-refractivity contribution in [1.29, 1.82) is 0 Å². The summed E-state index contributed by atoms with van der Waals surface area (Å²) in [6, 6.07) is 15.6. The second kappa shape index (κ2) is 8.95. The molecule has 158 valence electrons. The van der Waals surface area contributed by atoms with Crippen molar-refractivity contribution in [2.45, 2.75) is 6.54 Å². The van der Waals surface area contributed by atoms with Crippen LogP contribution < -0.4 is 9.04 Å². The Bertz CT molecular complexity index is 1110. The third kappa shape index (κ3) is 5.15. The first kappa shape index (κ1) is 21.3. The molecule has 30 heavy (non-hydrogen) atoms. The maximum atomic E-state index is 12.7. The number of amides is 1. The van der Waals surface area contributed by atoms with Gasteiger partial charge < -0.3 is 14.2 Å². The number of benzene rings is 2. The van der Waals surface area contributed by atoms with Gasteiger partial charge in [-0.25, -0.2) is 8.42 Å². The highest BCUT2D eigenvalue weighted by atomic mass is 32.2. The van der Waals surface area contributed by atoms with Crippen LogP contribution in [0.25, 0.3) is 11.4 Å². The Morgan fingerprint density at radius 1 is 1.13 bits per heavy atom. The monoisotopic (exact) mass is 430 g/mol. The second-order valence-corrected chi connectivity index (χ2v) is 8.51. The van der Waals surface area contributed by atoms with E-state index in [1.807, 2.05) is 12.1 Å². The molecule has 3 aromatic rings. The van der Waals surface area contributed by atoms with Gasteiger partial charge in [-0.1, -0.05) is 35.5 Å². The van der Waals surface area contributed by atoms with Gasteiger partial charge in [0.05, 0.1) is 25.6 Å². The zero-order chi connectivity index (χ0) is 21.7. The third-order valence-corrected chi connectivity index (χ3v) is 5.46. The summed E-state index contributed by atoms with van der Waals surface area (Å²) < 4.78 is 35.8. The molecule has 3 rings (SSSR count). The zero-order valence-corrected chi connectivity index (χ0v) is 17.7. The van der Waals surface area contributed by atoms with Crippen molar-refractivity contribution in [2.24, 2.45) is 0 Å². The Labute approximate surface area is 174 Å². The van der Waals surface area contributed by atoms with Gasteiger partial charge in [-0.3, -0.25) is 9.10 Å². The molecule has 1 amide bonds. The fourth-order valence-electron chi connectivity index (χ4n) is 2.73. The number of nitrogens with zero attached hydrogens (tertiary/aromatic N) is 4. The summed E-state index contributed by atoms with van der Waals surface area (Å²) in [6.45, 7) is -0.293. The molecule has 0 unspecified atom stereocenters. The maximum absolute atomic E-state index is 12.7. The van der Waals surface area contributed by atoms with Gasteiger partial charge in [-0.15, -0.1) is 0 Å². The van der Waals surface area contributed by atoms with Crippen molar-refractivity contribution in [3.05, 3.63) is 60.5 Å². The van der Waals surface area contributed by atoms with Gasteiger partial charge in [0, 0.05) is 12.6 Å². The SMILES string of the molecule is COc1cccc(-c2noc(CN(C)C(=O)CN(c3ccccc3)S(C)(=O)=O)n2)c1. The minimum Gasteiger partial charge on any atom is -0.497 e. The smallest absolute Gasteiger partial charge is 0.246 e. The quantitative estimate of drug-likeness (QED) is 0.539. The van der Waals surface area contributed by atoms with E-state index in [4.69, 9.17) is 9.26 Å². The maximum Gasteiger partial charge on any atom is 0.246 e. The molecule has 0 fully saturated rings. The number of methoxy groups -OCH3 is 1. The number of hydrogen-bond donors (Lipinski definition) is 0. The van der Waals surface area contributed by atoms with Crippen LogP contribution in [-0.2, 0) is 21.4 Å². The molecule has 10 heteroatoms. The molecule has 0 bridgehead atoms. The molecule has 0 saturated carbocycles. The molecule has 0 atom stereocenters. The van der Waals surface area contributed by atoms with Gasteiger partial charge in [-0.2, -0.15) is 4.98 Å². The van der Waals surface area contributed by atoms with E-state index in [-0.39, 0.29) is 19.0 Å². The molecule has 0 N–H and O–H groups in total. The molecule has 1 heterocycles. The molecule has 2 aromatic carbocycles. The average Bonchev–Trinajstić information content (AvgIpc) is 3.20. The number of ether oxygens (including phenoxy) is 1. The number of sulfonamides is 1. The highest BCUT2D eigenvalue weighted by Gasteiger charge is 2.23. The molecule has 1 aromatic heterocycles. The van der Waals surface area contributed by atoms with Gasteiger partial charge in [-0.05, 0) is 24.3 Å². The fourth-order valence-corrected chi connectivity index (χ4v) is 3.58. The summed E-state index contributed by atoms with van der Waals surface area (Å²) in [5.74, 6) is 0.847. The van der Waals surface area contributed by atoms with Crippen molar-refractivity contribution in [3.8, 4) is 17.1 Å². The van der Waals surface area contributed by atoms with E-state index in [0.717, 1.165) is 10.6 Å². The van der Waals surface area contributed by atoms with Crippen LogP contribution in [0.3, 0.4) is 0 Å². The van der Waals surface area contributed by atoms with Crippen LogP contribution in [-0.4, -0.2) is 56.3 Å². The van der Waals surface area contributed by atoms with Gasteiger partial charge in [0.15, 0.2) is 0 Å². The highest BCUT2D eigenvalue weighted by Crippen LogP contribution is 2.22. The first-order valence-electron chi connectivity index (χ1n) is 9.01. The number of carbonyl (C=O) groups is 1. The Morgan fingerprint density at radius 3 is 2.53 bits per heavy atom. The number of likely N-dealkylation sites (N-methyl/N-ethyl adjacent to an activating group) is 1. The van der Waals surface area contributed by atoms with E-state index in [9.17, 15) is 13.2 Å². The highest BCUT2D eigenvalue weighted by molar-refractivity contribution is 7.92. The summed E-state index contributed by atoms with van der Waals surface area (Å²) in [7, 11) is -0.525. The topological polar surface area (TPSA) is 106 Å². The Hall–Kier alpha value is -3.40. The van der Waals surface area contributed by atoms with Crippen LogP contribution >= 0.6 is 0 Å². The Kier molecular flexibility index (Phi) is 6.36. The third-order valence-electron chi connectivity index (χ3n) is 4.32. The van der Waals surface area contributed by atoms with Gasteiger partial charge >= 0.3 is 0 Å². The van der Waals surface area contributed by atoms with Crippen LogP contribution in [0.4, 0.5) is 5.69 Å². The summed E-state index contributed by atoms with van der Waals surface area (Å²) in [6.07, 6.45) is 1.06. The minimum absolute atomic E-state index is 0.0438. The lowest BCUT2D eigenvalue weighted by atomic mass is 10.2. The fraction of sp³-hybridized carbons (Fsp3) is 0.250. The number of carbonyl (C=O) groups excluding carboxylic acids is 1. The molecule has 0 radical (unpaired) electrons. The van der Waals surface area contributed by atoms with Crippen molar-refractivity contribution in [1.82, 2.24) is 15.0 Å². The number of rotatable bonds is 8. The van der Waals surface area contributed by atoms with Gasteiger partial charge in [0.25, 0.3) is 0 Å². The molecular weight excluding hydrogens is 408 g/mol. The molecule has 0 aliphatic heterocycles. The predicted molar refractivity (Wildman–Crippen MR) is 111 cm³/mol. The van der Waals surface area contributed by atoms with Crippen molar-refractivity contribution in [3.63, 3.8) is 0 Å². The second-order valence-electron chi connectivity index (χ2n) is 6.60. The van der Waals surface area contributed by atoms with E-state index >= 15 is 0 Å². The molecule has 0 saturated heterocycles. The normalized spacial score (nSPS) is 11.2.